The lowest BCUT2D eigenvalue weighted by Crippen LogP contribution is -2.46. The Morgan fingerprint density at radius 1 is 0.970 bits per heavy atom. The summed E-state index contributed by atoms with van der Waals surface area (Å²) in [6.45, 7) is 0. The first kappa shape index (κ1) is 21.7. The second-order valence-electron chi connectivity index (χ2n) is 7.01. The molecule has 4 rings (SSSR count). The third-order valence-electron chi connectivity index (χ3n) is 4.88. The fourth-order valence-electron chi connectivity index (χ4n) is 3.42. The minimum atomic E-state index is -0.834. The molecule has 0 radical (unpaired) electrons. The normalized spacial score (nSPS) is 10.6. The van der Waals surface area contributed by atoms with Crippen LogP contribution in [0.5, 0.6) is 0 Å². The summed E-state index contributed by atoms with van der Waals surface area (Å²) in [7, 11) is 1.18. The van der Waals surface area contributed by atoms with Gasteiger partial charge in [0.2, 0.25) is 0 Å². The molecule has 0 unspecified atom stereocenters. The highest BCUT2D eigenvalue weighted by Crippen LogP contribution is 2.33. The second kappa shape index (κ2) is 8.91. The van der Waals surface area contributed by atoms with Crippen LogP contribution in [0, 0.1) is 11.6 Å². The highest BCUT2D eigenvalue weighted by atomic mass is 19.1. The van der Waals surface area contributed by atoms with E-state index in [1.807, 2.05) is 0 Å². The molecule has 3 N–H and O–H groups in total. The number of amides is 2. The molecule has 0 saturated carbocycles. The zero-order valence-electron chi connectivity index (χ0n) is 17.4. The van der Waals surface area contributed by atoms with Crippen LogP contribution in [0.3, 0.4) is 0 Å². The van der Waals surface area contributed by atoms with Crippen LogP contribution >= 0.6 is 0 Å². The number of pyridine rings is 1. The number of nitrogens with one attached hydrogen (secondary N) is 1. The second-order valence-corrected chi connectivity index (χ2v) is 7.01. The molecule has 33 heavy (non-hydrogen) atoms. The monoisotopic (exact) mass is 448 g/mol. The van der Waals surface area contributed by atoms with Crippen molar-refractivity contribution in [2.75, 3.05) is 17.9 Å². The fraction of sp³-hybridized carbons (Fsp3) is 0.0417. The maximum atomic E-state index is 13.9. The average molecular weight is 448 g/mol. The predicted octanol–water partition coefficient (Wildman–Crippen LogP) is 4.68. The number of nitrogen functional groups attached to an aromatic ring is 1. The minimum Gasteiger partial charge on any atom is -0.451 e. The number of hydrogen-bond acceptors (Lipinski definition) is 5. The van der Waals surface area contributed by atoms with Crippen LogP contribution in [0.2, 0.25) is 0 Å². The summed E-state index contributed by atoms with van der Waals surface area (Å²) in [5.41, 5.74) is 9.51. The summed E-state index contributed by atoms with van der Waals surface area (Å²) in [6, 6.07) is 17.9. The highest BCUT2D eigenvalue weighted by Gasteiger charge is 2.25. The summed E-state index contributed by atoms with van der Waals surface area (Å²) in [4.78, 5) is 30.2. The van der Waals surface area contributed by atoms with Crippen LogP contribution in [-0.2, 0) is 4.74 Å². The van der Waals surface area contributed by atoms with Gasteiger partial charge in [-0.2, -0.15) is 5.01 Å². The standard InChI is InChI=1S/C24H18F2N4O3/c1-33-24(32)30(17-7-3-2-4-8-17)29-23(31)20-18-9-5-6-10-19(18)28-22(21(20)27)14-11-15(25)13-16(26)12-14/h2-13H,27H2,1H3,(H,29,31). The van der Waals surface area contributed by atoms with Crippen LogP contribution in [0.1, 0.15) is 10.4 Å². The van der Waals surface area contributed by atoms with Crippen molar-refractivity contribution in [3.8, 4) is 11.3 Å². The molecular formula is C24H18F2N4O3. The van der Waals surface area contributed by atoms with E-state index in [9.17, 15) is 18.4 Å². The van der Waals surface area contributed by atoms with Crippen molar-refractivity contribution in [1.82, 2.24) is 10.4 Å². The molecule has 0 aliphatic heterocycles. The van der Waals surface area contributed by atoms with Gasteiger partial charge in [-0.1, -0.05) is 36.4 Å². The van der Waals surface area contributed by atoms with Gasteiger partial charge >= 0.3 is 6.09 Å². The Labute approximate surface area is 187 Å². The lowest BCUT2D eigenvalue weighted by atomic mass is 10.0. The van der Waals surface area contributed by atoms with Gasteiger partial charge in [0.05, 0.1) is 35.3 Å². The Kier molecular flexibility index (Phi) is 5.86. The molecule has 2 amide bonds. The first-order valence-corrected chi connectivity index (χ1v) is 9.78. The Morgan fingerprint density at radius 2 is 1.61 bits per heavy atom. The van der Waals surface area contributed by atoms with Crippen molar-refractivity contribution in [3.63, 3.8) is 0 Å². The Morgan fingerprint density at radius 3 is 2.27 bits per heavy atom. The van der Waals surface area contributed by atoms with Crippen molar-refractivity contribution >= 4 is 34.3 Å². The maximum absolute atomic E-state index is 13.9. The predicted molar refractivity (Wildman–Crippen MR) is 120 cm³/mol. The number of nitrogens with two attached hydrogens (primary N) is 1. The van der Waals surface area contributed by atoms with Gasteiger partial charge in [-0.3, -0.25) is 10.2 Å². The smallest absolute Gasteiger partial charge is 0.433 e. The molecule has 0 spiro atoms. The number of rotatable bonds is 3. The summed E-state index contributed by atoms with van der Waals surface area (Å²) in [5, 5.41) is 1.32. The molecule has 4 aromatic rings. The first-order chi connectivity index (χ1) is 15.9. The van der Waals surface area contributed by atoms with E-state index in [1.54, 1.807) is 54.6 Å². The van der Waals surface area contributed by atoms with Crippen molar-refractivity contribution < 1.29 is 23.1 Å². The number of nitrogens with zero attached hydrogens (tertiary/aromatic N) is 2. The molecule has 0 aliphatic rings. The van der Waals surface area contributed by atoms with Gasteiger partial charge in [0.1, 0.15) is 11.6 Å². The molecule has 1 aromatic heterocycles. The summed E-state index contributed by atoms with van der Waals surface area (Å²) >= 11 is 0. The fourth-order valence-corrected chi connectivity index (χ4v) is 3.42. The largest absolute Gasteiger partial charge is 0.451 e. The molecule has 0 aliphatic carbocycles. The third-order valence-corrected chi connectivity index (χ3v) is 4.88. The quantitative estimate of drug-likeness (QED) is 0.444. The number of carbonyl (C=O) groups excluding carboxylic acids is 2. The Balaban J connectivity index is 1.86. The average Bonchev–Trinajstić information content (AvgIpc) is 2.81. The van der Waals surface area contributed by atoms with Crippen LogP contribution < -0.4 is 16.2 Å². The van der Waals surface area contributed by atoms with Crippen LogP contribution in [-0.4, -0.2) is 24.1 Å². The van der Waals surface area contributed by atoms with E-state index in [4.69, 9.17) is 10.5 Å². The Bertz CT molecular complexity index is 1340. The molecule has 0 bridgehead atoms. The van der Waals surface area contributed by atoms with Gasteiger partial charge in [0, 0.05) is 17.0 Å². The van der Waals surface area contributed by atoms with Crippen LogP contribution in [0.25, 0.3) is 22.2 Å². The molecule has 0 fully saturated rings. The van der Waals surface area contributed by atoms with Crippen molar-refractivity contribution in [3.05, 3.63) is 90.0 Å². The molecule has 1 heterocycles. The van der Waals surface area contributed by atoms with Gasteiger partial charge in [-0.25, -0.2) is 18.6 Å². The summed E-state index contributed by atoms with van der Waals surface area (Å²) in [6.07, 6.45) is -0.834. The van der Waals surface area contributed by atoms with Crippen LogP contribution in [0.4, 0.5) is 25.0 Å². The van der Waals surface area contributed by atoms with E-state index in [-0.39, 0.29) is 22.5 Å². The van der Waals surface area contributed by atoms with Gasteiger partial charge in [-0.15, -0.1) is 0 Å². The third kappa shape index (κ3) is 4.29. The molecule has 9 heteroatoms. The number of carbonyl (C=O) groups is 2. The highest BCUT2D eigenvalue weighted by molar-refractivity contribution is 6.14. The number of fused-ring (bicyclic) bond motifs is 1. The van der Waals surface area contributed by atoms with Gasteiger partial charge in [0.25, 0.3) is 5.91 Å². The maximum Gasteiger partial charge on any atom is 0.433 e. The zero-order valence-corrected chi connectivity index (χ0v) is 17.4. The van der Waals surface area contributed by atoms with E-state index in [0.29, 0.717) is 16.6 Å². The van der Waals surface area contributed by atoms with Gasteiger partial charge < -0.3 is 10.5 Å². The van der Waals surface area contributed by atoms with E-state index in [1.165, 1.54) is 7.11 Å². The van der Waals surface area contributed by atoms with Crippen molar-refractivity contribution in [2.45, 2.75) is 0 Å². The topological polar surface area (TPSA) is 97.5 Å². The van der Waals surface area contributed by atoms with E-state index >= 15 is 0 Å². The summed E-state index contributed by atoms with van der Waals surface area (Å²) in [5.74, 6) is -2.36. The molecule has 166 valence electrons. The lowest BCUT2D eigenvalue weighted by Gasteiger charge is -2.23. The number of halogens is 2. The zero-order chi connectivity index (χ0) is 23.5. The SMILES string of the molecule is COC(=O)N(NC(=O)c1c(N)c(-c2cc(F)cc(F)c2)nc2ccccc12)c1ccccc1. The van der Waals surface area contributed by atoms with E-state index in [0.717, 1.165) is 23.2 Å². The van der Waals surface area contributed by atoms with Gasteiger partial charge in [0.15, 0.2) is 0 Å². The number of benzene rings is 3. The van der Waals surface area contributed by atoms with Crippen LogP contribution in [0.15, 0.2) is 72.8 Å². The summed E-state index contributed by atoms with van der Waals surface area (Å²) < 4.78 is 32.5. The number of hydrogen-bond donors (Lipinski definition) is 2. The molecule has 7 nitrogen and oxygen atoms in total. The number of methoxy groups -OCH3 is 1. The number of ether oxygens (including phenoxy) is 1. The Hall–Kier alpha value is -4.53. The molecule has 0 saturated heterocycles. The van der Waals surface area contributed by atoms with Crippen molar-refractivity contribution in [2.24, 2.45) is 0 Å². The number of aromatic nitrogens is 1. The molecular weight excluding hydrogens is 430 g/mol. The van der Waals surface area contributed by atoms with E-state index < -0.39 is 23.6 Å². The first-order valence-electron chi connectivity index (χ1n) is 9.78. The molecule has 3 aromatic carbocycles. The lowest BCUT2D eigenvalue weighted by molar-refractivity contribution is 0.0943. The number of anilines is 2. The number of hydrazine groups is 1. The van der Waals surface area contributed by atoms with E-state index in [2.05, 4.69) is 10.4 Å². The van der Waals surface area contributed by atoms with Crippen molar-refractivity contribution in [1.29, 1.82) is 0 Å². The molecule has 0 atom stereocenters. The van der Waals surface area contributed by atoms with Gasteiger partial charge in [-0.05, 0) is 30.3 Å². The number of para-hydroxylation sites is 2. The minimum absolute atomic E-state index is 0.00916.